The lowest BCUT2D eigenvalue weighted by Gasteiger charge is -2.22. The van der Waals surface area contributed by atoms with Crippen LogP contribution in [0.2, 0.25) is 0 Å². The Bertz CT molecular complexity index is 1820. The molecule has 0 aliphatic heterocycles. The lowest BCUT2D eigenvalue weighted by Crippen LogP contribution is -2.40. The van der Waals surface area contributed by atoms with Crippen LogP contribution >= 0.6 is 0 Å². The highest BCUT2D eigenvalue weighted by Gasteiger charge is 2.25. The first kappa shape index (κ1) is 39.1. The minimum atomic E-state index is -0.893. The number of imidazole rings is 1. The van der Waals surface area contributed by atoms with Gasteiger partial charge in [0.05, 0.1) is 83.3 Å². The van der Waals surface area contributed by atoms with Crippen LogP contribution in [0.1, 0.15) is 29.1 Å². The highest BCUT2D eigenvalue weighted by atomic mass is 16.6. The average molecular weight is 730 g/mol. The van der Waals surface area contributed by atoms with Crippen molar-refractivity contribution in [3.05, 3.63) is 108 Å². The molecule has 3 heterocycles. The summed E-state index contributed by atoms with van der Waals surface area (Å²) in [5.74, 6) is 0.0890. The van der Waals surface area contributed by atoms with Gasteiger partial charge in [0, 0.05) is 37.8 Å². The zero-order valence-corrected chi connectivity index (χ0v) is 30.0. The van der Waals surface area contributed by atoms with Crippen molar-refractivity contribution in [1.29, 1.82) is 0 Å². The first-order valence-corrected chi connectivity index (χ1v) is 17.7. The Hall–Kier alpha value is -5.12. The van der Waals surface area contributed by atoms with Gasteiger partial charge in [-0.25, -0.2) is 14.8 Å². The van der Waals surface area contributed by atoms with Gasteiger partial charge in [0.1, 0.15) is 11.5 Å². The lowest BCUT2D eigenvalue weighted by molar-refractivity contribution is -0.138. The summed E-state index contributed by atoms with van der Waals surface area (Å²) in [7, 11) is 1.83. The maximum absolute atomic E-state index is 13.9. The second-order valence-electron chi connectivity index (χ2n) is 12.0. The summed E-state index contributed by atoms with van der Waals surface area (Å²) in [5, 5.41) is 11.7. The molecule has 0 unspecified atom stereocenters. The highest BCUT2D eigenvalue weighted by molar-refractivity contribution is 5.72. The van der Waals surface area contributed by atoms with Crippen molar-refractivity contribution < 1.29 is 42.8 Å². The molecule has 0 aliphatic rings. The third-order valence-corrected chi connectivity index (χ3v) is 8.06. The maximum atomic E-state index is 13.9. The van der Waals surface area contributed by atoms with Gasteiger partial charge >= 0.3 is 12.1 Å². The van der Waals surface area contributed by atoms with Crippen LogP contribution in [0.15, 0.2) is 89.7 Å². The van der Waals surface area contributed by atoms with Crippen molar-refractivity contribution in [2.24, 2.45) is 0 Å². The lowest BCUT2D eigenvalue weighted by atomic mass is 10.1. The summed E-state index contributed by atoms with van der Waals surface area (Å²) in [6, 6.07) is 23.6. The molecular weight excluding hydrogens is 682 g/mol. The third kappa shape index (κ3) is 12.5. The highest BCUT2D eigenvalue weighted by Crippen LogP contribution is 2.30. The van der Waals surface area contributed by atoms with Crippen LogP contribution in [0.3, 0.4) is 0 Å². The first-order chi connectivity index (χ1) is 26.0. The van der Waals surface area contributed by atoms with Gasteiger partial charge in [0.25, 0.3) is 0 Å². The summed E-state index contributed by atoms with van der Waals surface area (Å²) in [4.78, 5) is 36.0. The molecule has 0 fully saturated rings. The van der Waals surface area contributed by atoms with E-state index in [1.54, 1.807) is 11.2 Å². The minimum absolute atomic E-state index is 0.0307. The topological polar surface area (TPSA) is 159 Å². The van der Waals surface area contributed by atoms with Gasteiger partial charge in [-0.1, -0.05) is 60.7 Å². The first-order valence-electron chi connectivity index (χ1n) is 17.7. The molecule has 0 saturated carbocycles. The van der Waals surface area contributed by atoms with Crippen molar-refractivity contribution in [1.82, 2.24) is 24.6 Å². The van der Waals surface area contributed by atoms with E-state index in [1.807, 2.05) is 78.3 Å². The van der Waals surface area contributed by atoms with Gasteiger partial charge in [0.2, 0.25) is 5.88 Å². The molecule has 14 nitrogen and oxygen atoms in total. The number of amides is 1. The molecule has 0 aliphatic carbocycles. The van der Waals surface area contributed by atoms with Crippen LogP contribution < -0.4 is 10.1 Å². The molecule has 53 heavy (non-hydrogen) atoms. The molecule has 3 aromatic heterocycles. The Morgan fingerprint density at radius 2 is 1.43 bits per heavy atom. The fraction of sp³-hybridized carbons (Fsp3) is 0.385. The normalized spacial score (nSPS) is 11.3. The molecule has 14 heteroatoms. The van der Waals surface area contributed by atoms with Gasteiger partial charge in [-0.3, -0.25) is 9.20 Å². The van der Waals surface area contributed by atoms with E-state index in [0.717, 1.165) is 22.5 Å². The van der Waals surface area contributed by atoms with Crippen LogP contribution in [0.5, 0.6) is 5.88 Å². The van der Waals surface area contributed by atoms with Crippen molar-refractivity contribution in [2.75, 3.05) is 79.5 Å². The second-order valence-corrected chi connectivity index (χ2v) is 12.0. The second kappa shape index (κ2) is 21.4. The summed E-state index contributed by atoms with van der Waals surface area (Å²) in [6.07, 6.45) is 3.75. The Labute approximate surface area is 308 Å². The number of furan rings is 1. The number of rotatable bonds is 24. The zero-order chi connectivity index (χ0) is 37.1. The summed E-state index contributed by atoms with van der Waals surface area (Å²) in [6.45, 7) is 3.84. The number of aromatic nitrogens is 3. The number of carbonyl (C=O) groups excluding carboxylic acids is 1. The number of fused-ring (bicyclic) bond motifs is 1. The van der Waals surface area contributed by atoms with E-state index in [-0.39, 0.29) is 19.6 Å². The fourth-order valence-corrected chi connectivity index (χ4v) is 5.38. The smallest absolute Gasteiger partial charge is 0.416 e. The van der Waals surface area contributed by atoms with Crippen LogP contribution in [-0.2, 0) is 36.6 Å². The van der Waals surface area contributed by atoms with E-state index < -0.39 is 12.1 Å². The maximum Gasteiger partial charge on any atom is 0.416 e. The monoisotopic (exact) mass is 729 g/mol. The Morgan fingerprint density at radius 1 is 0.774 bits per heavy atom. The number of nitrogens with one attached hydrogen (secondary N) is 1. The number of carbonyl (C=O) groups is 2. The van der Waals surface area contributed by atoms with Crippen molar-refractivity contribution >= 4 is 17.7 Å². The zero-order valence-electron chi connectivity index (χ0n) is 30.0. The molecule has 5 rings (SSSR count). The van der Waals surface area contributed by atoms with Crippen LogP contribution in [0, 0.1) is 0 Å². The SMILES string of the molecule is CNCCN(CCOCCOCCOCCOCCC(=O)O)C(=O)Oc1c(Cc2ccco2)nc2c(Cc3ccccc3)nc(-c3ccccc3)cn12. The molecule has 1 amide bonds. The van der Waals surface area contributed by atoms with Gasteiger partial charge in [-0.05, 0) is 24.7 Å². The number of ether oxygens (including phenoxy) is 5. The van der Waals surface area contributed by atoms with E-state index in [0.29, 0.717) is 95.1 Å². The molecule has 0 bridgehead atoms. The number of hydrogen-bond donors (Lipinski definition) is 2. The van der Waals surface area contributed by atoms with Crippen molar-refractivity contribution in [2.45, 2.75) is 19.3 Å². The molecule has 282 valence electrons. The molecule has 5 aromatic rings. The number of hydrogen-bond acceptors (Lipinski definition) is 11. The van der Waals surface area contributed by atoms with Crippen LogP contribution in [-0.4, -0.2) is 116 Å². The number of carboxylic acid groups (broad SMARTS) is 1. The Balaban J connectivity index is 1.25. The number of aliphatic carboxylic acids is 1. The number of carboxylic acids is 1. The third-order valence-electron chi connectivity index (χ3n) is 8.06. The minimum Gasteiger partial charge on any atom is -0.481 e. The predicted octanol–water partition coefficient (Wildman–Crippen LogP) is 4.73. The van der Waals surface area contributed by atoms with Gasteiger partial charge in [-0.2, -0.15) is 0 Å². The van der Waals surface area contributed by atoms with E-state index in [9.17, 15) is 9.59 Å². The van der Waals surface area contributed by atoms with Crippen LogP contribution in [0.4, 0.5) is 4.79 Å². The summed E-state index contributed by atoms with van der Waals surface area (Å²) in [5.41, 5.74) is 4.61. The standard InChI is InChI=1S/C39H47N5O9/c1-40-15-16-43(17-20-49-22-24-51-26-25-50-23-21-48-19-14-36(45)46)39(47)53-38-34(28-32-13-8-18-52-32)42-37-33(27-30-9-4-2-5-10-30)41-35(29-44(37)38)31-11-6-3-7-12-31/h2-13,18,29,40H,14-17,19-28H2,1H3,(H,45,46). The Kier molecular flexibility index (Phi) is 15.8. The van der Waals surface area contributed by atoms with Crippen LogP contribution in [0.25, 0.3) is 16.9 Å². The molecule has 0 radical (unpaired) electrons. The molecule has 0 atom stereocenters. The molecule has 0 saturated heterocycles. The van der Waals surface area contributed by atoms with E-state index in [2.05, 4.69) is 17.4 Å². The quantitative estimate of drug-likeness (QED) is 0.0843. The number of benzene rings is 2. The van der Waals surface area contributed by atoms with Crippen molar-refractivity contribution in [3.8, 4) is 17.1 Å². The number of nitrogens with zero attached hydrogens (tertiary/aromatic N) is 4. The molecule has 0 spiro atoms. The van der Waals surface area contributed by atoms with Crippen molar-refractivity contribution in [3.63, 3.8) is 0 Å². The Morgan fingerprint density at radius 3 is 2.08 bits per heavy atom. The van der Waals surface area contributed by atoms with Gasteiger partial charge in [0.15, 0.2) is 5.65 Å². The average Bonchev–Trinajstić information content (AvgIpc) is 3.81. The fourth-order valence-electron chi connectivity index (χ4n) is 5.38. The molecule has 2 N–H and O–H groups in total. The summed E-state index contributed by atoms with van der Waals surface area (Å²) < 4.78 is 35.7. The van der Waals surface area contributed by atoms with Gasteiger partial charge in [-0.15, -0.1) is 0 Å². The molecular formula is C39H47N5O9. The number of likely N-dealkylation sites (N-methyl/N-ethyl adjacent to an activating group) is 1. The largest absolute Gasteiger partial charge is 0.481 e. The van der Waals surface area contributed by atoms with Gasteiger partial charge < -0.3 is 43.4 Å². The predicted molar refractivity (Wildman–Crippen MR) is 196 cm³/mol. The summed E-state index contributed by atoms with van der Waals surface area (Å²) >= 11 is 0. The van der Waals surface area contributed by atoms with E-state index in [4.69, 9.17) is 43.2 Å². The van der Waals surface area contributed by atoms with E-state index in [1.165, 1.54) is 0 Å². The molecule has 2 aromatic carbocycles. The van der Waals surface area contributed by atoms with E-state index >= 15 is 0 Å².